The third kappa shape index (κ3) is 3.38. The molecule has 3 rings (SSSR count). The summed E-state index contributed by atoms with van der Waals surface area (Å²) in [7, 11) is 0. The maximum absolute atomic E-state index is 12.4. The van der Waals surface area contributed by atoms with Crippen molar-refractivity contribution in [3.05, 3.63) is 54.1 Å². The zero-order chi connectivity index (χ0) is 15.4. The molecule has 1 aromatic heterocycles. The van der Waals surface area contributed by atoms with Crippen LogP contribution in [0, 0.1) is 12.8 Å². The Hall–Kier alpha value is -2.10. The van der Waals surface area contributed by atoms with Crippen molar-refractivity contribution in [2.24, 2.45) is 5.92 Å². The minimum absolute atomic E-state index is 0.171. The maximum atomic E-state index is 12.4. The molecule has 0 aliphatic carbocycles. The minimum atomic E-state index is 0.171. The van der Waals surface area contributed by atoms with Crippen LogP contribution in [-0.2, 0) is 6.54 Å². The van der Waals surface area contributed by atoms with Gasteiger partial charge in [0, 0.05) is 37.6 Å². The molecule has 1 aliphatic rings. The van der Waals surface area contributed by atoms with Gasteiger partial charge in [0.25, 0.3) is 5.91 Å². The van der Waals surface area contributed by atoms with E-state index in [1.165, 1.54) is 6.42 Å². The number of hydrogen-bond acceptors (Lipinski definition) is 2. The summed E-state index contributed by atoms with van der Waals surface area (Å²) >= 11 is 0. The summed E-state index contributed by atoms with van der Waals surface area (Å²) < 4.78 is 2.21. The summed E-state index contributed by atoms with van der Waals surface area (Å²) in [6, 6.07) is 9.59. The zero-order valence-corrected chi connectivity index (χ0v) is 13.1. The van der Waals surface area contributed by atoms with Crippen molar-refractivity contribution in [3.8, 4) is 0 Å². The molecule has 1 fully saturated rings. The molecule has 0 N–H and O–H groups in total. The molecular formula is C18H23N3O. The SMILES string of the molecule is Cc1nccn1CCC1CCN(C(=O)c2ccccc2)CC1. The molecule has 4 heteroatoms. The normalized spacial score (nSPS) is 16.0. The average Bonchev–Trinajstić information content (AvgIpc) is 2.99. The number of carbonyl (C=O) groups excluding carboxylic acids is 1. The van der Waals surface area contributed by atoms with Crippen molar-refractivity contribution in [1.29, 1.82) is 0 Å². The van der Waals surface area contributed by atoms with Crippen molar-refractivity contribution >= 4 is 5.91 Å². The van der Waals surface area contributed by atoms with E-state index in [1.807, 2.05) is 54.5 Å². The van der Waals surface area contributed by atoms with Gasteiger partial charge >= 0.3 is 0 Å². The minimum Gasteiger partial charge on any atom is -0.339 e. The highest BCUT2D eigenvalue weighted by atomic mass is 16.2. The first kappa shape index (κ1) is 14.8. The van der Waals surface area contributed by atoms with Crippen LogP contribution in [-0.4, -0.2) is 33.4 Å². The number of carbonyl (C=O) groups is 1. The molecule has 0 radical (unpaired) electrons. The number of hydrogen-bond donors (Lipinski definition) is 0. The highest BCUT2D eigenvalue weighted by Crippen LogP contribution is 2.22. The van der Waals surface area contributed by atoms with Gasteiger partial charge in [-0.1, -0.05) is 18.2 Å². The van der Waals surface area contributed by atoms with E-state index in [0.717, 1.165) is 43.9 Å². The zero-order valence-electron chi connectivity index (χ0n) is 13.1. The monoisotopic (exact) mass is 297 g/mol. The number of piperidine rings is 1. The topological polar surface area (TPSA) is 38.1 Å². The molecule has 2 heterocycles. The number of nitrogens with zero attached hydrogens (tertiary/aromatic N) is 3. The fraction of sp³-hybridized carbons (Fsp3) is 0.444. The smallest absolute Gasteiger partial charge is 0.253 e. The first-order valence-electron chi connectivity index (χ1n) is 8.06. The lowest BCUT2D eigenvalue weighted by atomic mass is 9.93. The van der Waals surface area contributed by atoms with E-state index in [9.17, 15) is 4.79 Å². The molecule has 0 atom stereocenters. The van der Waals surface area contributed by atoms with Crippen LogP contribution in [0.1, 0.15) is 35.4 Å². The summed E-state index contributed by atoms with van der Waals surface area (Å²) in [6.07, 6.45) is 7.28. The lowest BCUT2D eigenvalue weighted by Crippen LogP contribution is -2.38. The van der Waals surface area contributed by atoms with Gasteiger partial charge in [-0.05, 0) is 44.2 Å². The molecular weight excluding hydrogens is 274 g/mol. The van der Waals surface area contributed by atoms with Crippen LogP contribution in [0.5, 0.6) is 0 Å². The standard InChI is InChI=1S/C18H23N3O/c1-15-19-10-14-20(15)11-7-16-8-12-21(13-9-16)18(22)17-5-3-2-4-6-17/h2-6,10,14,16H,7-9,11-13H2,1H3. The molecule has 0 bridgehead atoms. The molecule has 2 aromatic rings. The van der Waals surface area contributed by atoms with Crippen LogP contribution in [0.3, 0.4) is 0 Å². The summed E-state index contributed by atoms with van der Waals surface area (Å²) in [5, 5.41) is 0. The van der Waals surface area contributed by atoms with Gasteiger partial charge in [-0.2, -0.15) is 0 Å². The number of rotatable bonds is 4. The number of benzene rings is 1. The van der Waals surface area contributed by atoms with Gasteiger partial charge in [0.05, 0.1) is 0 Å². The Kier molecular flexibility index (Phi) is 4.56. The second-order valence-electron chi connectivity index (χ2n) is 6.06. The molecule has 1 amide bonds. The largest absolute Gasteiger partial charge is 0.339 e. The summed E-state index contributed by atoms with van der Waals surface area (Å²) in [4.78, 5) is 18.7. The van der Waals surface area contributed by atoms with E-state index in [0.29, 0.717) is 5.92 Å². The van der Waals surface area contributed by atoms with Crippen molar-refractivity contribution in [3.63, 3.8) is 0 Å². The lowest BCUT2D eigenvalue weighted by Gasteiger charge is -2.32. The van der Waals surface area contributed by atoms with Crippen molar-refractivity contribution < 1.29 is 4.79 Å². The summed E-state index contributed by atoms with van der Waals surface area (Å²) in [5.41, 5.74) is 0.801. The number of imidazole rings is 1. The van der Waals surface area contributed by atoms with Crippen LogP contribution in [0.2, 0.25) is 0 Å². The Balaban J connectivity index is 1.48. The Labute approximate surface area is 131 Å². The van der Waals surface area contributed by atoms with Gasteiger partial charge in [-0.15, -0.1) is 0 Å². The lowest BCUT2D eigenvalue weighted by molar-refractivity contribution is 0.0685. The number of amides is 1. The Bertz CT molecular complexity index is 612. The molecule has 1 saturated heterocycles. The highest BCUT2D eigenvalue weighted by molar-refractivity contribution is 5.94. The average molecular weight is 297 g/mol. The quantitative estimate of drug-likeness (QED) is 0.869. The fourth-order valence-corrected chi connectivity index (χ4v) is 3.15. The first-order valence-corrected chi connectivity index (χ1v) is 8.06. The molecule has 0 saturated carbocycles. The predicted octanol–water partition coefficient (Wildman–Crippen LogP) is 3.13. The van der Waals surface area contributed by atoms with Crippen molar-refractivity contribution in [2.45, 2.75) is 32.7 Å². The maximum Gasteiger partial charge on any atom is 0.253 e. The van der Waals surface area contributed by atoms with E-state index in [2.05, 4.69) is 9.55 Å². The molecule has 1 aromatic carbocycles. The third-order valence-electron chi connectivity index (χ3n) is 4.62. The van der Waals surface area contributed by atoms with Gasteiger partial charge in [0.1, 0.15) is 5.82 Å². The molecule has 0 unspecified atom stereocenters. The summed E-state index contributed by atoms with van der Waals surface area (Å²) in [6.45, 7) is 4.83. The fourth-order valence-electron chi connectivity index (χ4n) is 3.15. The van der Waals surface area contributed by atoms with E-state index in [1.54, 1.807) is 0 Å². The van der Waals surface area contributed by atoms with Crippen LogP contribution in [0.15, 0.2) is 42.7 Å². The molecule has 22 heavy (non-hydrogen) atoms. The summed E-state index contributed by atoms with van der Waals surface area (Å²) in [5.74, 6) is 1.96. The third-order valence-corrected chi connectivity index (χ3v) is 4.62. The molecule has 4 nitrogen and oxygen atoms in total. The second kappa shape index (κ2) is 6.77. The number of aryl methyl sites for hydroxylation is 2. The van der Waals surface area contributed by atoms with Crippen molar-refractivity contribution in [2.75, 3.05) is 13.1 Å². The highest BCUT2D eigenvalue weighted by Gasteiger charge is 2.23. The number of likely N-dealkylation sites (tertiary alicyclic amines) is 1. The predicted molar refractivity (Wildman–Crippen MR) is 86.7 cm³/mol. The Morgan fingerprint density at radius 2 is 1.95 bits per heavy atom. The Morgan fingerprint density at radius 3 is 2.59 bits per heavy atom. The van der Waals surface area contributed by atoms with E-state index in [4.69, 9.17) is 0 Å². The van der Waals surface area contributed by atoms with Crippen LogP contribution >= 0.6 is 0 Å². The molecule has 1 aliphatic heterocycles. The Morgan fingerprint density at radius 1 is 1.23 bits per heavy atom. The number of aromatic nitrogens is 2. The van der Waals surface area contributed by atoms with E-state index >= 15 is 0 Å². The van der Waals surface area contributed by atoms with Gasteiger partial charge < -0.3 is 9.47 Å². The van der Waals surface area contributed by atoms with Gasteiger partial charge in [-0.25, -0.2) is 4.98 Å². The van der Waals surface area contributed by atoms with E-state index in [-0.39, 0.29) is 5.91 Å². The van der Waals surface area contributed by atoms with Gasteiger partial charge in [0.15, 0.2) is 0 Å². The second-order valence-corrected chi connectivity index (χ2v) is 6.06. The van der Waals surface area contributed by atoms with E-state index < -0.39 is 0 Å². The van der Waals surface area contributed by atoms with Crippen LogP contribution in [0.25, 0.3) is 0 Å². The molecule has 116 valence electrons. The first-order chi connectivity index (χ1) is 10.7. The van der Waals surface area contributed by atoms with Crippen LogP contribution in [0.4, 0.5) is 0 Å². The van der Waals surface area contributed by atoms with Gasteiger partial charge in [-0.3, -0.25) is 4.79 Å². The van der Waals surface area contributed by atoms with Crippen LogP contribution < -0.4 is 0 Å². The molecule has 0 spiro atoms. The van der Waals surface area contributed by atoms with Crippen molar-refractivity contribution in [1.82, 2.24) is 14.5 Å². The van der Waals surface area contributed by atoms with Gasteiger partial charge in [0.2, 0.25) is 0 Å².